The van der Waals surface area contributed by atoms with Crippen LogP contribution in [-0.4, -0.2) is 11.0 Å². The minimum absolute atomic E-state index is 0.106. The van der Waals surface area contributed by atoms with Gasteiger partial charge in [-0.15, -0.1) is 11.3 Å². The summed E-state index contributed by atoms with van der Waals surface area (Å²) in [5, 5.41) is 3.06. The molecule has 3 nitrogen and oxygen atoms in total. The van der Waals surface area contributed by atoms with E-state index in [4.69, 9.17) is 4.74 Å². The van der Waals surface area contributed by atoms with Crippen LogP contribution >= 0.6 is 11.3 Å². The Morgan fingerprint density at radius 3 is 2.67 bits per heavy atom. The van der Waals surface area contributed by atoms with Crippen molar-refractivity contribution in [2.45, 2.75) is 44.6 Å². The highest BCUT2D eigenvalue weighted by Gasteiger charge is 2.47. The molecule has 0 amide bonds. The van der Waals surface area contributed by atoms with E-state index in [-0.39, 0.29) is 12.6 Å². The summed E-state index contributed by atoms with van der Waals surface area (Å²) in [5.41, 5.74) is 1.51. The first-order valence-electron chi connectivity index (χ1n) is 7.40. The Bertz CT molecular complexity index is 617. The van der Waals surface area contributed by atoms with Gasteiger partial charge in [0.05, 0.1) is 16.1 Å². The molecule has 1 aromatic carbocycles. The maximum atomic E-state index is 12.6. The molecular formula is C17H19NO2S. The predicted octanol–water partition coefficient (Wildman–Crippen LogP) is 3.87. The van der Waals surface area contributed by atoms with Gasteiger partial charge in [-0.05, 0) is 24.8 Å². The van der Waals surface area contributed by atoms with Crippen LogP contribution in [0.3, 0.4) is 0 Å². The molecule has 0 unspecified atom stereocenters. The number of hydrogen-bond acceptors (Lipinski definition) is 4. The Hall–Kier alpha value is -1.68. The Morgan fingerprint density at radius 2 is 2.10 bits per heavy atom. The molecule has 2 aromatic rings. The summed E-state index contributed by atoms with van der Waals surface area (Å²) in [6.07, 6.45) is 3.77. The second-order valence-electron chi connectivity index (χ2n) is 5.46. The lowest BCUT2D eigenvalue weighted by atomic mass is 9.64. The van der Waals surface area contributed by atoms with Gasteiger partial charge in [-0.1, -0.05) is 43.7 Å². The number of rotatable bonds is 5. The molecule has 1 aliphatic rings. The summed E-state index contributed by atoms with van der Waals surface area (Å²) in [4.78, 5) is 17.0. The van der Waals surface area contributed by atoms with Gasteiger partial charge in [-0.2, -0.15) is 0 Å². The van der Waals surface area contributed by atoms with Crippen LogP contribution in [0.4, 0.5) is 0 Å². The van der Waals surface area contributed by atoms with Crippen LogP contribution in [0.5, 0.6) is 0 Å². The lowest BCUT2D eigenvalue weighted by Gasteiger charge is -2.39. The molecule has 1 heterocycles. The van der Waals surface area contributed by atoms with Crippen molar-refractivity contribution in [3.63, 3.8) is 0 Å². The monoisotopic (exact) mass is 301 g/mol. The average molecular weight is 301 g/mol. The lowest BCUT2D eigenvalue weighted by molar-refractivity contribution is -0.156. The minimum Gasteiger partial charge on any atom is -0.458 e. The summed E-state index contributed by atoms with van der Waals surface area (Å²) in [6, 6.07) is 9.99. The smallest absolute Gasteiger partial charge is 0.316 e. The van der Waals surface area contributed by atoms with E-state index in [2.05, 4.69) is 11.9 Å². The molecule has 1 aliphatic carbocycles. The van der Waals surface area contributed by atoms with E-state index >= 15 is 0 Å². The molecule has 1 aromatic heterocycles. The second kappa shape index (κ2) is 5.98. The average Bonchev–Trinajstić information content (AvgIpc) is 2.93. The molecule has 0 N–H and O–H groups in total. The number of nitrogens with zero attached hydrogens (tertiary/aromatic N) is 1. The van der Waals surface area contributed by atoms with Crippen molar-refractivity contribution in [3.8, 4) is 0 Å². The Kier molecular flexibility index (Phi) is 4.06. The maximum Gasteiger partial charge on any atom is 0.316 e. The fourth-order valence-electron chi connectivity index (χ4n) is 2.75. The largest absolute Gasteiger partial charge is 0.458 e. The van der Waals surface area contributed by atoms with Crippen LogP contribution in [0.15, 0.2) is 35.7 Å². The van der Waals surface area contributed by atoms with Crippen molar-refractivity contribution < 1.29 is 9.53 Å². The van der Waals surface area contributed by atoms with E-state index in [1.807, 2.05) is 35.7 Å². The molecule has 4 heteroatoms. The third-order valence-corrected chi connectivity index (χ3v) is 5.22. The summed E-state index contributed by atoms with van der Waals surface area (Å²) < 4.78 is 5.55. The number of thiazole rings is 1. The Balaban J connectivity index is 1.69. The fourth-order valence-corrected chi connectivity index (χ4v) is 3.48. The standard InChI is InChI=1S/C17H19NO2S/c1-2-15-18-14(12-21-15)11-20-16(19)17(9-6-10-17)13-7-4-3-5-8-13/h3-5,7-8,12H,2,6,9-11H2,1H3. The minimum atomic E-state index is -0.426. The normalized spacial score (nSPS) is 16.2. The number of carbonyl (C=O) groups is 1. The van der Waals surface area contributed by atoms with Crippen LogP contribution in [0.25, 0.3) is 0 Å². The summed E-state index contributed by atoms with van der Waals surface area (Å²) in [6.45, 7) is 2.36. The molecule has 1 fully saturated rings. The zero-order valence-corrected chi connectivity index (χ0v) is 13.0. The van der Waals surface area contributed by atoms with Gasteiger partial charge in [0.15, 0.2) is 0 Å². The van der Waals surface area contributed by atoms with Gasteiger partial charge in [0.2, 0.25) is 0 Å². The van der Waals surface area contributed by atoms with Gasteiger partial charge >= 0.3 is 5.97 Å². The molecule has 0 aliphatic heterocycles. The third kappa shape index (κ3) is 2.72. The molecular weight excluding hydrogens is 282 g/mol. The summed E-state index contributed by atoms with van der Waals surface area (Å²) >= 11 is 1.62. The van der Waals surface area contributed by atoms with Gasteiger partial charge in [0.1, 0.15) is 6.61 Å². The molecule has 110 valence electrons. The number of carbonyl (C=O) groups excluding carboxylic acids is 1. The maximum absolute atomic E-state index is 12.6. The number of hydrogen-bond donors (Lipinski definition) is 0. The third-order valence-electron chi connectivity index (χ3n) is 4.18. The molecule has 0 atom stereocenters. The molecule has 21 heavy (non-hydrogen) atoms. The van der Waals surface area contributed by atoms with Gasteiger partial charge in [0.25, 0.3) is 0 Å². The highest BCUT2D eigenvalue weighted by atomic mass is 32.1. The van der Waals surface area contributed by atoms with Crippen LogP contribution in [0, 0.1) is 0 Å². The number of aryl methyl sites for hydroxylation is 1. The van der Waals surface area contributed by atoms with E-state index in [0.717, 1.165) is 41.9 Å². The first kappa shape index (κ1) is 14.3. The van der Waals surface area contributed by atoms with Gasteiger partial charge in [-0.25, -0.2) is 4.98 Å². The zero-order chi connectivity index (χ0) is 14.7. The van der Waals surface area contributed by atoms with Crippen molar-refractivity contribution in [2.75, 3.05) is 0 Å². The number of aromatic nitrogens is 1. The number of esters is 1. The fraction of sp³-hybridized carbons (Fsp3) is 0.412. The van der Waals surface area contributed by atoms with E-state index < -0.39 is 5.41 Å². The van der Waals surface area contributed by atoms with E-state index in [0.29, 0.717) is 0 Å². The highest BCUT2D eigenvalue weighted by molar-refractivity contribution is 7.09. The van der Waals surface area contributed by atoms with E-state index in [1.165, 1.54) is 0 Å². The quantitative estimate of drug-likeness (QED) is 0.787. The van der Waals surface area contributed by atoms with Crippen LogP contribution in [-0.2, 0) is 28.0 Å². The highest BCUT2D eigenvalue weighted by Crippen LogP contribution is 2.44. The van der Waals surface area contributed by atoms with Gasteiger partial charge in [-0.3, -0.25) is 4.79 Å². The first-order valence-corrected chi connectivity index (χ1v) is 8.28. The van der Waals surface area contributed by atoms with Crippen molar-refractivity contribution in [3.05, 3.63) is 52.0 Å². The van der Waals surface area contributed by atoms with Gasteiger partial charge in [0, 0.05) is 5.38 Å². The lowest BCUT2D eigenvalue weighted by Crippen LogP contribution is -2.43. The van der Waals surface area contributed by atoms with Crippen LogP contribution in [0.1, 0.15) is 42.5 Å². The Morgan fingerprint density at radius 1 is 1.33 bits per heavy atom. The molecule has 0 bridgehead atoms. The first-order chi connectivity index (χ1) is 10.2. The SMILES string of the molecule is CCc1nc(COC(=O)C2(c3ccccc3)CCC2)cs1. The topological polar surface area (TPSA) is 39.2 Å². The van der Waals surface area contributed by atoms with Crippen molar-refractivity contribution >= 4 is 17.3 Å². The van der Waals surface area contributed by atoms with Crippen molar-refractivity contribution in [1.82, 2.24) is 4.98 Å². The molecule has 1 saturated carbocycles. The van der Waals surface area contributed by atoms with Gasteiger partial charge < -0.3 is 4.74 Å². The zero-order valence-electron chi connectivity index (χ0n) is 12.2. The van der Waals surface area contributed by atoms with E-state index in [1.54, 1.807) is 11.3 Å². The van der Waals surface area contributed by atoms with E-state index in [9.17, 15) is 4.79 Å². The van der Waals surface area contributed by atoms with Crippen LogP contribution < -0.4 is 0 Å². The number of benzene rings is 1. The molecule has 0 spiro atoms. The number of ether oxygens (including phenoxy) is 1. The van der Waals surface area contributed by atoms with Crippen molar-refractivity contribution in [2.24, 2.45) is 0 Å². The Labute approximate surface area is 129 Å². The summed E-state index contributed by atoms with van der Waals surface area (Å²) in [7, 11) is 0. The molecule has 3 rings (SSSR count). The van der Waals surface area contributed by atoms with Crippen LogP contribution in [0.2, 0.25) is 0 Å². The predicted molar refractivity (Wildman–Crippen MR) is 83.3 cm³/mol. The summed E-state index contributed by atoms with van der Waals surface area (Å²) in [5.74, 6) is -0.106. The molecule has 0 saturated heterocycles. The second-order valence-corrected chi connectivity index (χ2v) is 6.41. The van der Waals surface area contributed by atoms with Crippen molar-refractivity contribution in [1.29, 1.82) is 0 Å². The molecule has 0 radical (unpaired) electrons.